The lowest BCUT2D eigenvalue weighted by Crippen LogP contribution is -2.39. The molecule has 0 spiro atoms. The molecule has 1 N–H and O–H groups in total. The fraction of sp³-hybridized carbons (Fsp3) is 0.409. The second-order valence-electron chi connectivity index (χ2n) is 7.97. The average Bonchev–Trinajstić information content (AvgIpc) is 2.73. The third-order valence-corrected chi connectivity index (χ3v) is 6.16. The number of amides is 1. The van der Waals surface area contributed by atoms with Gasteiger partial charge in [-0.1, -0.05) is 12.1 Å². The minimum atomic E-state index is -5.77. The molecule has 33 heavy (non-hydrogen) atoms. The van der Waals surface area contributed by atoms with E-state index in [1.165, 1.54) is 17.7 Å². The fourth-order valence-electron chi connectivity index (χ4n) is 3.46. The van der Waals surface area contributed by atoms with Crippen LogP contribution in [0, 0.1) is 0 Å². The van der Waals surface area contributed by atoms with Crippen LogP contribution in [-0.4, -0.2) is 58.0 Å². The molecule has 0 fully saturated rings. The highest BCUT2D eigenvalue weighted by Gasteiger charge is 2.48. The van der Waals surface area contributed by atoms with Gasteiger partial charge in [0.15, 0.2) is 0 Å². The van der Waals surface area contributed by atoms with E-state index < -0.39 is 27.3 Å². The Kier molecular flexibility index (Phi) is 7.53. The van der Waals surface area contributed by atoms with Crippen molar-refractivity contribution in [2.75, 3.05) is 27.2 Å². The summed E-state index contributed by atoms with van der Waals surface area (Å²) in [4.78, 5) is 14.6. The molecule has 1 amide bonds. The summed E-state index contributed by atoms with van der Waals surface area (Å²) in [5.74, 6) is -0.157. The van der Waals surface area contributed by atoms with Gasteiger partial charge in [0.2, 0.25) is 0 Å². The Morgan fingerprint density at radius 1 is 1.15 bits per heavy atom. The first kappa shape index (κ1) is 24.8. The molecule has 0 heterocycles. The first-order chi connectivity index (χ1) is 15.5. The van der Waals surface area contributed by atoms with Crippen LogP contribution in [0.2, 0.25) is 0 Å². The number of benzene rings is 2. The maximum atomic E-state index is 12.6. The molecule has 2 aromatic carbocycles. The van der Waals surface area contributed by atoms with Crippen LogP contribution in [0.1, 0.15) is 27.9 Å². The number of halogens is 3. The summed E-state index contributed by atoms with van der Waals surface area (Å²) >= 11 is 0. The summed E-state index contributed by atoms with van der Waals surface area (Å²) in [5.41, 5.74) is -3.13. The van der Waals surface area contributed by atoms with E-state index in [0.717, 1.165) is 42.8 Å². The van der Waals surface area contributed by atoms with Crippen LogP contribution in [-0.2, 0) is 23.0 Å². The number of nitrogens with one attached hydrogen (secondary N) is 1. The molecule has 0 bridgehead atoms. The van der Waals surface area contributed by atoms with Crippen molar-refractivity contribution in [3.63, 3.8) is 0 Å². The van der Waals surface area contributed by atoms with Crippen molar-refractivity contribution in [1.82, 2.24) is 10.2 Å². The molecule has 0 unspecified atom stereocenters. The third-order valence-electron chi connectivity index (χ3n) is 5.18. The zero-order valence-corrected chi connectivity index (χ0v) is 19.0. The van der Waals surface area contributed by atoms with Gasteiger partial charge in [-0.2, -0.15) is 21.6 Å². The SMILES string of the molecule is CN(C)CCOc1cccc2c1C[C@H](NC(=O)c1ccc(OS(=O)(=O)C(F)(F)F)cc1)CC2. The van der Waals surface area contributed by atoms with Gasteiger partial charge in [-0.25, -0.2) is 0 Å². The van der Waals surface area contributed by atoms with Gasteiger partial charge >= 0.3 is 15.6 Å². The van der Waals surface area contributed by atoms with Crippen molar-refractivity contribution in [1.29, 1.82) is 0 Å². The minimum absolute atomic E-state index is 0.148. The standard InChI is InChI=1S/C22H25F3N2O5S/c1-27(2)12-13-31-20-5-3-4-15-6-9-17(14-19(15)20)26-21(28)16-7-10-18(11-8-16)32-33(29,30)22(23,24)25/h3-5,7-8,10-11,17H,6,9,12-14H2,1-2H3,(H,26,28)/t17-/m1/s1. The highest BCUT2D eigenvalue weighted by Crippen LogP contribution is 2.30. The summed E-state index contributed by atoms with van der Waals surface area (Å²) in [6.45, 7) is 1.31. The number of carbonyl (C=O) groups is 1. The minimum Gasteiger partial charge on any atom is -0.492 e. The Bertz CT molecular complexity index is 1090. The molecule has 0 aliphatic heterocycles. The molecular formula is C22H25F3N2O5S. The topological polar surface area (TPSA) is 84.9 Å². The van der Waals surface area contributed by atoms with Crippen LogP contribution >= 0.6 is 0 Å². The summed E-state index contributed by atoms with van der Waals surface area (Å²) < 4.78 is 69.5. The second-order valence-corrected chi connectivity index (χ2v) is 9.50. The van der Waals surface area contributed by atoms with Crippen LogP contribution in [0.5, 0.6) is 11.5 Å². The predicted molar refractivity (Wildman–Crippen MR) is 116 cm³/mol. The first-order valence-corrected chi connectivity index (χ1v) is 11.7. The monoisotopic (exact) mass is 486 g/mol. The van der Waals surface area contributed by atoms with Crippen LogP contribution in [0.15, 0.2) is 42.5 Å². The van der Waals surface area contributed by atoms with E-state index in [4.69, 9.17) is 4.74 Å². The molecule has 7 nitrogen and oxygen atoms in total. The molecule has 0 aromatic heterocycles. The molecular weight excluding hydrogens is 461 g/mol. The Labute approximate surface area is 190 Å². The molecule has 1 aliphatic rings. The van der Waals surface area contributed by atoms with Gasteiger partial charge in [0.1, 0.15) is 18.1 Å². The van der Waals surface area contributed by atoms with Gasteiger partial charge in [-0.05, 0) is 74.8 Å². The molecule has 0 saturated heterocycles. The lowest BCUT2D eigenvalue weighted by atomic mass is 9.87. The number of hydrogen-bond donors (Lipinski definition) is 1. The van der Waals surface area contributed by atoms with Crippen molar-refractivity contribution in [2.45, 2.75) is 30.8 Å². The van der Waals surface area contributed by atoms with Gasteiger partial charge in [-0.15, -0.1) is 0 Å². The zero-order valence-electron chi connectivity index (χ0n) is 18.2. The molecule has 1 aliphatic carbocycles. The van der Waals surface area contributed by atoms with E-state index >= 15 is 0 Å². The van der Waals surface area contributed by atoms with Crippen LogP contribution in [0.3, 0.4) is 0 Å². The van der Waals surface area contributed by atoms with E-state index in [1.807, 2.05) is 37.2 Å². The van der Waals surface area contributed by atoms with Crippen LogP contribution in [0.25, 0.3) is 0 Å². The molecule has 1 atom stereocenters. The Hall–Kier alpha value is -2.79. The number of rotatable bonds is 8. The fourth-order valence-corrected chi connectivity index (χ4v) is 3.92. The van der Waals surface area contributed by atoms with Crippen molar-refractivity contribution in [2.24, 2.45) is 0 Å². The Balaban J connectivity index is 1.63. The van der Waals surface area contributed by atoms with Gasteiger partial charge < -0.3 is 19.1 Å². The lowest BCUT2D eigenvalue weighted by Gasteiger charge is -2.27. The van der Waals surface area contributed by atoms with E-state index in [1.54, 1.807) is 0 Å². The van der Waals surface area contributed by atoms with Gasteiger partial charge in [0.25, 0.3) is 5.91 Å². The van der Waals surface area contributed by atoms with Crippen LogP contribution < -0.4 is 14.2 Å². The quantitative estimate of drug-likeness (QED) is 0.456. The van der Waals surface area contributed by atoms with E-state index in [2.05, 4.69) is 9.50 Å². The molecule has 2 aromatic rings. The number of aryl methyl sites for hydroxylation is 1. The highest BCUT2D eigenvalue weighted by molar-refractivity contribution is 7.88. The van der Waals surface area contributed by atoms with Crippen molar-refractivity contribution >= 4 is 16.0 Å². The van der Waals surface area contributed by atoms with E-state index in [0.29, 0.717) is 13.0 Å². The predicted octanol–water partition coefficient (Wildman–Crippen LogP) is 3.14. The van der Waals surface area contributed by atoms with E-state index in [-0.39, 0.29) is 11.6 Å². The summed E-state index contributed by atoms with van der Waals surface area (Å²) in [7, 11) is -1.84. The second kappa shape index (κ2) is 10.0. The summed E-state index contributed by atoms with van der Waals surface area (Å²) in [6, 6.07) is 10.2. The Morgan fingerprint density at radius 2 is 1.85 bits per heavy atom. The number of fused-ring (bicyclic) bond motifs is 1. The number of hydrogen-bond acceptors (Lipinski definition) is 6. The lowest BCUT2D eigenvalue weighted by molar-refractivity contribution is -0.0500. The number of alkyl halides is 3. The number of likely N-dealkylation sites (N-methyl/N-ethyl adjacent to an activating group) is 1. The van der Waals surface area contributed by atoms with Gasteiger partial charge in [0, 0.05) is 18.2 Å². The summed E-state index contributed by atoms with van der Waals surface area (Å²) in [6.07, 6.45) is 2.09. The molecule has 0 saturated carbocycles. The van der Waals surface area contributed by atoms with Gasteiger partial charge in [-0.3, -0.25) is 4.79 Å². The number of nitrogens with zero attached hydrogens (tertiary/aromatic N) is 1. The summed E-state index contributed by atoms with van der Waals surface area (Å²) in [5, 5.41) is 2.93. The molecule has 11 heteroatoms. The smallest absolute Gasteiger partial charge is 0.492 e. The highest BCUT2D eigenvalue weighted by atomic mass is 32.2. The third kappa shape index (κ3) is 6.38. The molecule has 180 valence electrons. The van der Waals surface area contributed by atoms with Crippen LogP contribution in [0.4, 0.5) is 13.2 Å². The first-order valence-electron chi connectivity index (χ1n) is 10.3. The van der Waals surface area contributed by atoms with Crippen molar-refractivity contribution in [3.8, 4) is 11.5 Å². The Morgan fingerprint density at radius 3 is 2.48 bits per heavy atom. The maximum absolute atomic E-state index is 12.6. The largest absolute Gasteiger partial charge is 0.534 e. The van der Waals surface area contributed by atoms with Gasteiger partial charge in [0.05, 0.1) is 0 Å². The van der Waals surface area contributed by atoms with Crippen molar-refractivity contribution in [3.05, 3.63) is 59.2 Å². The molecule has 3 rings (SSSR count). The maximum Gasteiger partial charge on any atom is 0.534 e. The normalized spacial score (nSPS) is 16.2. The zero-order chi connectivity index (χ0) is 24.2. The van der Waals surface area contributed by atoms with E-state index in [9.17, 15) is 26.4 Å². The van der Waals surface area contributed by atoms with Crippen molar-refractivity contribution < 1.29 is 35.3 Å². The average molecular weight is 487 g/mol. The molecule has 0 radical (unpaired) electrons. The number of carbonyl (C=O) groups excluding carboxylic acids is 1. The number of ether oxygens (including phenoxy) is 1.